The summed E-state index contributed by atoms with van der Waals surface area (Å²) in [4.78, 5) is 36.6. The van der Waals surface area contributed by atoms with Gasteiger partial charge in [-0.05, 0) is 18.6 Å². The first-order chi connectivity index (χ1) is 10.0. The van der Waals surface area contributed by atoms with Gasteiger partial charge in [0.15, 0.2) is 11.5 Å². The zero-order valence-electron chi connectivity index (χ0n) is 11.4. The molecule has 0 spiro atoms. The highest BCUT2D eigenvalue weighted by Crippen LogP contribution is 2.40. The van der Waals surface area contributed by atoms with Crippen LogP contribution in [-0.4, -0.2) is 27.7 Å². The Morgan fingerprint density at radius 2 is 2.14 bits per heavy atom. The van der Waals surface area contributed by atoms with Gasteiger partial charge in [0.2, 0.25) is 5.91 Å². The Bertz CT molecular complexity index is 693. The molecule has 6 nitrogen and oxygen atoms in total. The molecule has 6 heteroatoms. The lowest BCUT2D eigenvalue weighted by Gasteiger charge is -2.36. The van der Waals surface area contributed by atoms with E-state index >= 15 is 0 Å². The van der Waals surface area contributed by atoms with Crippen LogP contribution in [0.3, 0.4) is 0 Å². The smallest absolute Gasteiger partial charge is 0.343 e. The van der Waals surface area contributed by atoms with Gasteiger partial charge < -0.3 is 9.84 Å². The number of rotatable bonds is 1. The van der Waals surface area contributed by atoms with Gasteiger partial charge in [0.05, 0.1) is 11.4 Å². The van der Waals surface area contributed by atoms with Crippen LogP contribution >= 0.6 is 0 Å². The van der Waals surface area contributed by atoms with Crippen molar-refractivity contribution in [3.63, 3.8) is 0 Å². The van der Waals surface area contributed by atoms with E-state index in [0.717, 1.165) is 6.42 Å². The van der Waals surface area contributed by atoms with Crippen LogP contribution in [0.15, 0.2) is 46.7 Å². The summed E-state index contributed by atoms with van der Waals surface area (Å²) in [5, 5.41) is 9.25. The molecule has 0 aromatic rings. The summed E-state index contributed by atoms with van der Waals surface area (Å²) in [6.45, 7) is 1.40. The number of carboxylic acid groups (broad SMARTS) is 1. The van der Waals surface area contributed by atoms with E-state index in [1.165, 1.54) is 17.9 Å². The molecule has 0 atom stereocenters. The maximum atomic E-state index is 12.0. The van der Waals surface area contributed by atoms with E-state index in [9.17, 15) is 19.5 Å². The normalized spacial score (nSPS) is 20.7. The van der Waals surface area contributed by atoms with E-state index in [0.29, 0.717) is 23.6 Å². The van der Waals surface area contributed by atoms with Crippen molar-refractivity contribution < 1.29 is 24.2 Å². The molecular formula is C15H13NO5. The van der Waals surface area contributed by atoms with E-state index < -0.39 is 11.8 Å². The highest BCUT2D eigenvalue weighted by Gasteiger charge is 2.39. The van der Waals surface area contributed by atoms with Crippen LogP contribution in [0.5, 0.6) is 0 Å². The highest BCUT2D eigenvalue weighted by molar-refractivity contribution is 6.18. The van der Waals surface area contributed by atoms with Crippen LogP contribution in [0, 0.1) is 0 Å². The van der Waals surface area contributed by atoms with Crippen molar-refractivity contribution >= 4 is 17.7 Å². The standard InChI is InChI=1S/C15H13NO5/c1-8(17)16-9-4-2-3-5-12(9)21-14-10(16)6-7-11(18)13(14)15(19)20/h2,4,6H,3,5,7H2,1H3,(H,19,20). The zero-order chi connectivity index (χ0) is 15.1. The second kappa shape index (κ2) is 4.73. The summed E-state index contributed by atoms with van der Waals surface area (Å²) in [5.74, 6) is -1.60. The fourth-order valence-electron chi connectivity index (χ4n) is 2.68. The van der Waals surface area contributed by atoms with Crippen LogP contribution < -0.4 is 0 Å². The molecule has 2 aliphatic carbocycles. The molecule has 0 aromatic heterocycles. The molecule has 3 rings (SSSR count). The number of hydrogen-bond acceptors (Lipinski definition) is 4. The van der Waals surface area contributed by atoms with Gasteiger partial charge in [-0.15, -0.1) is 0 Å². The van der Waals surface area contributed by atoms with Gasteiger partial charge >= 0.3 is 5.97 Å². The number of carbonyl (C=O) groups excluding carboxylic acids is 2. The summed E-state index contributed by atoms with van der Waals surface area (Å²) in [7, 11) is 0. The van der Waals surface area contributed by atoms with E-state index in [1.54, 1.807) is 6.08 Å². The number of amides is 1. The molecule has 0 radical (unpaired) electrons. The number of ether oxygens (including phenoxy) is 1. The Hall–Kier alpha value is -2.63. The van der Waals surface area contributed by atoms with Crippen LogP contribution in [0.25, 0.3) is 0 Å². The summed E-state index contributed by atoms with van der Waals surface area (Å²) in [5.41, 5.74) is 0.562. The number of hydrogen-bond donors (Lipinski definition) is 1. The Labute approximate surface area is 120 Å². The Kier molecular flexibility index (Phi) is 3.01. The van der Waals surface area contributed by atoms with Crippen molar-refractivity contribution in [3.05, 3.63) is 46.7 Å². The zero-order valence-corrected chi connectivity index (χ0v) is 11.4. The van der Waals surface area contributed by atoms with Gasteiger partial charge in [0.25, 0.3) is 0 Å². The number of ketones is 1. The van der Waals surface area contributed by atoms with Crippen molar-refractivity contribution in [1.82, 2.24) is 4.90 Å². The maximum Gasteiger partial charge on any atom is 0.343 e. The minimum atomic E-state index is -1.33. The minimum absolute atomic E-state index is 0.0250. The molecule has 3 aliphatic rings. The van der Waals surface area contributed by atoms with Crippen molar-refractivity contribution in [3.8, 4) is 0 Å². The third-order valence-electron chi connectivity index (χ3n) is 3.55. The second-order valence-electron chi connectivity index (χ2n) is 4.93. The minimum Gasteiger partial charge on any atom is -0.477 e. The molecule has 108 valence electrons. The van der Waals surface area contributed by atoms with Crippen molar-refractivity contribution in [1.29, 1.82) is 0 Å². The van der Waals surface area contributed by atoms with Gasteiger partial charge in [-0.3, -0.25) is 14.5 Å². The first-order valence-corrected chi connectivity index (χ1v) is 6.60. The summed E-state index contributed by atoms with van der Waals surface area (Å²) in [6.07, 6.45) is 6.51. The number of nitrogens with zero attached hydrogens (tertiary/aromatic N) is 1. The monoisotopic (exact) mass is 287 g/mol. The van der Waals surface area contributed by atoms with Crippen LogP contribution in [-0.2, 0) is 19.1 Å². The largest absolute Gasteiger partial charge is 0.477 e. The van der Waals surface area contributed by atoms with Crippen LogP contribution in [0.1, 0.15) is 26.2 Å². The lowest BCUT2D eigenvalue weighted by atomic mass is 9.96. The molecule has 0 saturated carbocycles. The van der Waals surface area contributed by atoms with Gasteiger partial charge in [-0.25, -0.2) is 4.79 Å². The Morgan fingerprint density at radius 1 is 1.38 bits per heavy atom. The third kappa shape index (κ3) is 1.99. The third-order valence-corrected chi connectivity index (χ3v) is 3.55. The molecule has 0 unspecified atom stereocenters. The van der Waals surface area contributed by atoms with E-state index in [1.807, 2.05) is 6.08 Å². The molecule has 0 fully saturated rings. The number of Topliss-reactive ketones (excluding diaryl/α,β-unsaturated/α-hetero) is 1. The van der Waals surface area contributed by atoms with Crippen LogP contribution in [0.2, 0.25) is 0 Å². The predicted molar refractivity (Wildman–Crippen MR) is 71.4 cm³/mol. The summed E-state index contributed by atoms with van der Waals surface area (Å²) < 4.78 is 5.66. The Morgan fingerprint density at radius 3 is 2.81 bits per heavy atom. The quantitative estimate of drug-likeness (QED) is 0.741. The molecular weight excluding hydrogens is 274 g/mol. The highest BCUT2D eigenvalue weighted by atomic mass is 16.5. The first kappa shape index (κ1) is 13.4. The number of aliphatic carboxylic acids is 1. The second-order valence-corrected chi connectivity index (χ2v) is 4.93. The Balaban J connectivity index is 2.23. The molecule has 0 saturated heterocycles. The summed E-state index contributed by atoms with van der Waals surface area (Å²) in [6, 6.07) is 0. The fraction of sp³-hybridized carbons (Fsp3) is 0.267. The molecule has 0 aromatic carbocycles. The summed E-state index contributed by atoms with van der Waals surface area (Å²) >= 11 is 0. The van der Waals surface area contributed by atoms with Gasteiger partial charge in [-0.1, -0.05) is 6.08 Å². The van der Waals surface area contributed by atoms with E-state index in [-0.39, 0.29) is 23.7 Å². The SMILES string of the molecule is CC(=O)N1C2=CCC(=O)C(C(=O)O)=C2OC2=C1C=CCC2. The van der Waals surface area contributed by atoms with Crippen molar-refractivity contribution in [2.75, 3.05) is 0 Å². The van der Waals surface area contributed by atoms with Gasteiger partial charge in [-0.2, -0.15) is 0 Å². The lowest BCUT2D eigenvalue weighted by Crippen LogP contribution is -2.36. The number of allylic oxidation sites excluding steroid dienone is 4. The molecule has 1 amide bonds. The number of carboxylic acids is 1. The van der Waals surface area contributed by atoms with E-state index in [4.69, 9.17) is 4.74 Å². The molecule has 1 N–H and O–H groups in total. The molecule has 0 bridgehead atoms. The maximum absolute atomic E-state index is 12.0. The number of fused-ring (bicyclic) bond motifs is 1. The fourth-order valence-corrected chi connectivity index (χ4v) is 2.68. The molecule has 1 heterocycles. The van der Waals surface area contributed by atoms with Crippen molar-refractivity contribution in [2.45, 2.75) is 26.2 Å². The average Bonchev–Trinajstić information content (AvgIpc) is 2.43. The van der Waals surface area contributed by atoms with Gasteiger partial charge in [0.1, 0.15) is 11.3 Å². The van der Waals surface area contributed by atoms with E-state index in [2.05, 4.69) is 0 Å². The predicted octanol–water partition coefficient (Wildman–Crippen LogP) is 1.62. The van der Waals surface area contributed by atoms with Gasteiger partial charge in [0, 0.05) is 19.8 Å². The average molecular weight is 287 g/mol. The van der Waals surface area contributed by atoms with Crippen LogP contribution in [0.4, 0.5) is 0 Å². The first-order valence-electron chi connectivity index (χ1n) is 6.60. The lowest BCUT2D eigenvalue weighted by molar-refractivity contribution is -0.135. The molecule has 1 aliphatic heterocycles. The van der Waals surface area contributed by atoms with Crippen molar-refractivity contribution in [2.24, 2.45) is 0 Å². The molecule has 21 heavy (non-hydrogen) atoms. The topological polar surface area (TPSA) is 83.9 Å². The number of carbonyl (C=O) groups is 3.